The molecular formula is C21H41N5O2. The first kappa shape index (κ1) is 22.8. The standard InChI is InChI=1S/C21H41N5O2/c1-15(2)26-12-16(3)18(14-26)24-19(22-7)23-11-17-9-8-10-25(13-17)20(27)28-21(4,5)6/h15-18H,8-14H2,1-7H3,(H2,22,23,24). The van der Waals surface area contributed by atoms with Crippen LogP contribution in [0.15, 0.2) is 4.99 Å². The molecule has 162 valence electrons. The largest absolute Gasteiger partial charge is 0.444 e. The van der Waals surface area contributed by atoms with Gasteiger partial charge in [-0.3, -0.25) is 9.89 Å². The van der Waals surface area contributed by atoms with Crippen LogP contribution in [0.25, 0.3) is 0 Å². The van der Waals surface area contributed by atoms with Crippen molar-refractivity contribution in [3.05, 3.63) is 0 Å². The molecule has 2 saturated heterocycles. The SMILES string of the molecule is CN=C(NCC1CCCN(C(=O)OC(C)(C)C)C1)NC1CN(C(C)C)CC1C. The number of guanidine groups is 1. The normalized spacial score (nSPS) is 27.2. The molecule has 0 bridgehead atoms. The Morgan fingerprint density at radius 3 is 2.54 bits per heavy atom. The molecule has 7 heteroatoms. The molecule has 2 fully saturated rings. The summed E-state index contributed by atoms with van der Waals surface area (Å²) in [4.78, 5) is 21.1. The minimum Gasteiger partial charge on any atom is -0.444 e. The van der Waals surface area contributed by atoms with Crippen LogP contribution in [0.3, 0.4) is 0 Å². The Labute approximate surface area is 171 Å². The van der Waals surface area contributed by atoms with Gasteiger partial charge in [0.1, 0.15) is 5.60 Å². The van der Waals surface area contributed by atoms with Gasteiger partial charge in [-0.15, -0.1) is 0 Å². The molecule has 0 aromatic rings. The lowest BCUT2D eigenvalue weighted by Crippen LogP contribution is -2.50. The summed E-state index contributed by atoms with van der Waals surface area (Å²) >= 11 is 0. The van der Waals surface area contributed by atoms with Crippen molar-refractivity contribution in [1.82, 2.24) is 20.4 Å². The first-order valence-corrected chi connectivity index (χ1v) is 10.8. The zero-order chi connectivity index (χ0) is 20.9. The summed E-state index contributed by atoms with van der Waals surface area (Å²) in [5.41, 5.74) is -0.448. The molecule has 2 rings (SSSR count). The van der Waals surface area contributed by atoms with Gasteiger partial charge < -0.3 is 20.3 Å². The summed E-state index contributed by atoms with van der Waals surface area (Å²) < 4.78 is 5.53. The average molecular weight is 396 g/mol. The van der Waals surface area contributed by atoms with Crippen LogP contribution in [0.4, 0.5) is 4.79 Å². The van der Waals surface area contributed by atoms with Gasteiger partial charge in [-0.25, -0.2) is 4.79 Å². The second kappa shape index (κ2) is 9.81. The third-order valence-corrected chi connectivity index (χ3v) is 5.65. The maximum absolute atomic E-state index is 12.3. The van der Waals surface area contributed by atoms with Crippen molar-refractivity contribution in [3.63, 3.8) is 0 Å². The van der Waals surface area contributed by atoms with E-state index in [0.29, 0.717) is 23.9 Å². The van der Waals surface area contributed by atoms with Crippen LogP contribution < -0.4 is 10.6 Å². The molecule has 3 unspecified atom stereocenters. The summed E-state index contributed by atoms with van der Waals surface area (Å²) in [6, 6.07) is 0.989. The molecule has 0 saturated carbocycles. The van der Waals surface area contributed by atoms with Gasteiger partial charge in [0.2, 0.25) is 0 Å². The number of nitrogens with one attached hydrogen (secondary N) is 2. The lowest BCUT2D eigenvalue weighted by atomic mass is 9.98. The Kier molecular flexibility index (Phi) is 7.98. The molecule has 2 N–H and O–H groups in total. The second-order valence-corrected chi connectivity index (χ2v) is 9.66. The fraction of sp³-hybridized carbons (Fsp3) is 0.905. The third kappa shape index (κ3) is 6.83. The molecule has 0 aromatic carbocycles. The molecule has 7 nitrogen and oxygen atoms in total. The quantitative estimate of drug-likeness (QED) is 0.565. The summed E-state index contributed by atoms with van der Waals surface area (Å²) in [5, 5.41) is 7.08. The zero-order valence-electron chi connectivity index (χ0n) is 18.9. The Morgan fingerprint density at radius 2 is 1.96 bits per heavy atom. The van der Waals surface area contributed by atoms with Crippen molar-refractivity contribution in [2.24, 2.45) is 16.8 Å². The van der Waals surface area contributed by atoms with Gasteiger partial charge in [0, 0.05) is 51.9 Å². The van der Waals surface area contributed by atoms with E-state index in [1.165, 1.54) is 0 Å². The summed E-state index contributed by atoms with van der Waals surface area (Å²) in [6.07, 6.45) is 1.93. The van der Waals surface area contributed by atoms with Gasteiger partial charge in [-0.2, -0.15) is 0 Å². The smallest absolute Gasteiger partial charge is 0.410 e. The van der Waals surface area contributed by atoms with E-state index in [0.717, 1.165) is 51.5 Å². The van der Waals surface area contributed by atoms with Gasteiger partial charge in [0.25, 0.3) is 0 Å². The highest BCUT2D eigenvalue weighted by Crippen LogP contribution is 2.20. The number of ether oxygens (including phenoxy) is 1. The number of hydrogen-bond acceptors (Lipinski definition) is 4. The first-order chi connectivity index (χ1) is 13.1. The number of aliphatic imine (C=N–C) groups is 1. The molecule has 28 heavy (non-hydrogen) atoms. The molecule has 0 spiro atoms. The van der Waals surface area contributed by atoms with E-state index >= 15 is 0 Å². The molecule has 2 aliphatic heterocycles. The van der Waals surface area contributed by atoms with E-state index in [1.54, 1.807) is 0 Å². The zero-order valence-corrected chi connectivity index (χ0v) is 18.9. The minimum absolute atomic E-state index is 0.201. The number of carbonyl (C=O) groups is 1. The van der Waals surface area contributed by atoms with Crippen molar-refractivity contribution in [2.45, 2.75) is 72.1 Å². The van der Waals surface area contributed by atoms with Crippen LogP contribution in [-0.4, -0.2) is 79.3 Å². The van der Waals surface area contributed by atoms with E-state index in [4.69, 9.17) is 4.74 Å². The van der Waals surface area contributed by atoms with E-state index in [-0.39, 0.29) is 6.09 Å². The fourth-order valence-electron chi connectivity index (χ4n) is 3.95. The van der Waals surface area contributed by atoms with Crippen LogP contribution >= 0.6 is 0 Å². The average Bonchev–Trinajstić information content (AvgIpc) is 2.98. The van der Waals surface area contributed by atoms with Gasteiger partial charge >= 0.3 is 6.09 Å². The highest BCUT2D eigenvalue weighted by Gasteiger charge is 2.32. The Bertz CT molecular complexity index is 543. The molecule has 0 aliphatic carbocycles. The van der Waals surface area contributed by atoms with E-state index in [1.807, 2.05) is 32.7 Å². The number of carbonyl (C=O) groups excluding carboxylic acids is 1. The van der Waals surface area contributed by atoms with E-state index < -0.39 is 5.60 Å². The molecule has 2 aliphatic rings. The Balaban J connectivity index is 1.80. The summed E-state index contributed by atoms with van der Waals surface area (Å²) in [7, 11) is 1.82. The van der Waals surface area contributed by atoms with Crippen LogP contribution in [0.2, 0.25) is 0 Å². The lowest BCUT2D eigenvalue weighted by Gasteiger charge is -2.34. The molecular weight excluding hydrogens is 354 g/mol. The number of hydrogen-bond donors (Lipinski definition) is 2. The van der Waals surface area contributed by atoms with Crippen LogP contribution in [0.1, 0.15) is 54.4 Å². The Hall–Kier alpha value is -1.50. The highest BCUT2D eigenvalue weighted by atomic mass is 16.6. The van der Waals surface area contributed by atoms with Crippen molar-refractivity contribution >= 4 is 12.1 Å². The second-order valence-electron chi connectivity index (χ2n) is 9.66. The molecule has 0 aromatic heterocycles. The topological polar surface area (TPSA) is 69.2 Å². The maximum Gasteiger partial charge on any atom is 0.410 e. The van der Waals surface area contributed by atoms with Gasteiger partial charge in [-0.05, 0) is 59.3 Å². The first-order valence-electron chi connectivity index (χ1n) is 10.8. The maximum atomic E-state index is 12.3. The number of rotatable bonds is 4. The van der Waals surface area contributed by atoms with Crippen LogP contribution in [0.5, 0.6) is 0 Å². The van der Waals surface area contributed by atoms with E-state index in [2.05, 4.69) is 41.3 Å². The predicted molar refractivity (Wildman–Crippen MR) is 115 cm³/mol. The van der Waals surface area contributed by atoms with Gasteiger partial charge in [0.05, 0.1) is 0 Å². The van der Waals surface area contributed by atoms with Gasteiger partial charge in [-0.1, -0.05) is 6.92 Å². The summed E-state index contributed by atoms with van der Waals surface area (Å²) in [6.45, 7) is 17.0. The van der Waals surface area contributed by atoms with Crippen LogP contribution in [-0.2, 0) is 4.74 Å². The molecule has 0 radical (unpaired) electrons. The highest BCUT2D eigenvalue weighted by molar-refractivity contribution is 5.80. The van der Waals surface area contributed by atoms with Crippen molar-refractivity contribution in [3.8, 4) is 0 Å². The predicted octanol–water partition coefficient (Wildman–Crippen LogP) is 2.53. The molecule has 3 atom stereocenters. The van der Waals surface area contributed by atoms with Crippen LogP contribution in [0, 0.1) is 11.8 Å². The number of amides is 1. The van der Waals surface area contributed by atoms with Gasteiger partial charge in [0.15, 0.2) is 5.96 Å². The molecule has 2 heterocycles. The lowest BCUT2D eigenvalue weighted by molar-refractivity contribution is 0.0168. The van der Waals surface area contributed by atoms with Crippen molar-refractivity contribution < 1.29 is 9.53 Å². The summed E-state index contributed by atoms with van der Waals surface area (Å²) in [5.74, 6) is 1.86. The monoisotopic (exact) mass is 395 g/mol. The number of piperidine rings is 1. The van der Waals surface area contributed by atoms with Crippen molar-refractivity contribution in [2.75, 3.05) is 39.8 Å². The van der Waals surface area contributed by atoms with E-state index in [9.17, 15) is 4.79 Å². The third-order valence-electron chi connectivity index (χ3n) is 5.65. The number of likely N-dealkylation sites (tertiary alicyclic amines) is 2. The van der Waals surface area contributed by atoms with Crippen molar-refractivity contribution in [1.29, 1.82) is 0 Å². The minimum atomic E-state index is -0.448. The Morgan fingerprint density at radius 1 is 1.25 bits per heavy atom. The fourth-order valence-corrected chi connectivity index (χ4v) is 3.95. The number of nitrogens with zero attached hydrogens (tertiary/aromatic N) is 3. The molecule has 1 amide bonds.